The van der Waals surface area contributed by atoms with Crippen molar-refractivity contribution in [3.8, 4) is 0 Å². The molecule has 0 aliphatic rings. The first-order valence-corrected chi connectivity index (χ1v) is 4.55. The van der Waals surface area contributed by atoms with E-state index in [4.69, 9.17) is 10.2 Å². The number of hydrogen-bond acceptors (Lipinski definition) is 5. The SMILES string of the molecule is CC(C(=O)NCC(O)C(=O)O)n1cncn1. The van der Waals surface area contributed by atoms with Gasteiger partial charge in [0, 0.05) is 0 Å². The van der Waals surface area contributed by atoms with E-state index < -0.39 is 24.0 Å². The van der Waals surface area contributed by atoms with Crippen LogP contribution in [-0.2, 0) is 9.59 Å². The monoisotopic (exact) mass is 228 g/mol. The Morgan fingerprint density at radius 2 is 2.25 bits per heavy atom. The number of amides is 1. The lowest BCUT2D eigenvalue weighted by Gasteiger charge is -2.12. The van der Waals surface area contributed by atoms with Gasteiger partial charge in [-0.1, -0.05) is 0 Å². The lowest BCUT2D eigenvalue weighted by molar-refractivity contribution is -0.146. The molecule has 0 aliphatic heterocycles. The molecule has 8 nitrogen and oxygen atoms in total. The minimum atomic E-state index is -1.60. The molecule has 1 aromatic heterocycles. The predicted molar refractivity (Wildman–Crippen MR) is 51.4 cm³/mol. The van der Waals surface area contributed by atoms with Crippen LogP contribution in [0.25, 0.3) is 0 Å². The summed E-state index contributed by atoms with van der Waals surface area (Å²) in [5.74, 6) is -1.82. The van der Waals surface area contributed by atoms with Crippen LogP contribution in [0.2, 0.25) is 0 Å². The number of aliphatic hydroxyl groups excluding tert-OH is 1. The number of nitrogens with one attached hydrogen (secondary N) is 1. The van der Waals surface area contributed by atoms with Crippen LogP contribution < -0.4 is 5.32 Å². The van der Waals surface area contributed by atoms with Crippen molar-refractivity contribution in [3.63, 3.8) is 0 Å². The molecule has 0 saturated carbocycles. The Morgan fingerprint density at radius 1 is 1.56 bits per heavy atom. The second-order valence-corrected chi connectivity index (χ2v) is 3.15. The summed E-state index contributed by atoms with van der Waals surface area (Å²) in [5.41, 5.74) is 0. The standard InChI is InChI=1S/C8H12N4O4/c1-5(12-4-9-3-11-12)7(14)10-2-6(13)8(15)16/h3-6,13H,2H2,1H3,(H,10,14)(H,15,16). The molecule has 0 spiro atoms. The van der Waals surface area contributed by atoms with Gasteiger partial charge in [-0.25, -0.2) is 14.5 Å². The van der Waals surface area contributed by atoms with Crippen LogP contribution in [0, 0.1) is 0 Å². The molecule has 0 bridgehead atoms. The summed E-state index contributed by atoms with van der Waals surface area (Å²) in [4.78, 5) is 25.4. The van der Waals surface area contributed by atoms with Crippen molar-refractivity contribution < 1.29 is 19.8 Å². The summed E-state index contributed by atoms with van der Waals surface area (Å²) in [6.45, 7) is 1.24. The van der Waals surface area contributed by atoms with Crippen LogP contribution in [0.3, 0.4) is 0 Å². The summed E-state index contributed by atoms with van der Waals surface area (Å²) < 4.78 is 1.32. The highest BCUT2D eigenvalue weighted by Gasteiger charge is 2.18. The second kappa shape index (κ2) is 5.21. The Bertz CT molecular complexity index is 364. The molecule has 0 aliphatic carbocycles. The lowest BCUT2D eigenvalue weighted by Crippen LogP contribution is -2.39. The van der Waals surface area contributed by atoms with E-state index in [1.165, 1.54) is 17.3 Å². The lowest BCUT2D eigenvalue weighted by atomic mass is 10.3. The maximum absolute atomic E-state index is 11.5. The first-order chi connectivity index (χ1) is 7.52. The number of aromatic nitrogens is 3. The van der Waals surface area contributed by atoms with Gasteiger partial charge in [0.1, 0.15) is 18.7 Å². The Labute approximate surface area is 90.9 Å². The molecule has 88 valence electrons. The Balaban J connectivity index is 2.44. The van der Waals surface area contributed by atoms with Gasteiger partial charge in [0.25, 0.3) is 0 Å². The van der Waals surface area contributed by atoms with Crippen LogP contribution in [0.5, 0.6) is 0 Å². The Kier molecular flexibility index (Phi) is 3.95. The van der Waals surface area contributed by atoms with Gasteiger partial charge in [-0.05, 0) is 6.92 Å². The number of rotatable bonds is 5. The summed E-state index contributed by atoms with van der Waals surface area (Å²) in [6.07, 6.45) is 1.06. The molecular weight excluding hydrogens is 216 g/mol. The normalized spacial score (nSPS) is 14.1. The van der Waals surface area contributed by atoms with E-state index in [1.807, 2.05) is 0 Å². The molecule has 8 heteroatoms. The molecular formula is C8H12N4O4. The number of aliphatic hydroxyl groups is 1. The molecule has 1 heterocycles. The molecule has 1 rings (SSSR count). The first kappa shape index (κ1) is 12.1. The molecule has 2 unspecified atom stereocenters. The Morgan fingerprint density at radius 3 is 2.75 bits per heavy atom. The van der Waals surface area contributed by atoms with Gasteiger partial charge >= 0.3 is 5.97 Å². The fraction of sp³-hybridized carbons (Fsp3) is 0.500. The largest absolute Gasteiger partial charge is 0.479 e. The molecule has 16 heavy (non-hydrogen) atoms. The van der Waals surface area contributed by atoms with Gasteiger partial charge in [0.15, 0.2) is 6.10 Å². The molecule has 0 saturated heterocycles. The zero-order chi connectivity index (χ0) is 12.1. The van der Waals surface area contributed by atoms with Gasteiger partial charge < -0.3 is 15.5 Å². The zero-order valence-corrected chi connectivity index (χ0v) is 8.57. The molecule has 1 aromatic rings. The van der Waals surface area contributed by atoms with Gasteiger partial charge in [0.2, 0.25) is 5.91 Å². The minimum Gasteiger partial charge on any atom is -0.479 e. The predicted octanol–water partition coefficient (Wildman–Crippen LogP) is -1.60. The number of hydrogen-bond donors (Lipinski definition) is 3. The van der Waals surface area contributed by atoms with Crippen molar-refractivity contribution in [2.45, 2.75) is 19.1 Å². The highest BCUT2D eigenvalue weighted by atomic mass is 16.4. The van der Waals surface area contributed by atoms with Crippen molar-refractivity contribution >= 4 is 11.9 Å². The summed E-state index contributed by atoms with van der Waals surface area (Å²) >= 11 is 0. The van der Waals surface area contributed by atoms with Crippen molar-refractivity contribution in [1.82, 2.24) is 20.1 Å². The van der Waals surface area contributed by atoms with E-state index in [1.54, 1.807) is 6.92 Å². The van der Waals surface area contributed by atoms with Gasteiger partial charge in [-0.2, -0.15) is 5.10 Å². The maximum Gasteiger partial charge on any atom is 0.334 e. The van der Waals surface area contributed by atoms with E-state index in [9.17, 15) is 9.59 Å². The fourth-order valence-corrected chi connectivity index (χ4v) is 0.970. The third-order valence-corrected chi connectivity index (χ3v) is 1.97. The molecule has 0 fully saturated rings. The number of aliphatic carboxylic acids is 1. The number of carboxylic acids is 1. The quantitative estimate of drug-likeness (QED) is 0.558. The van der Waals surface area contributed by atoms with Crippen molar-refractivity contribution in [1.29, 1.82) is 0 Å². The highest BCUT2D eigenvalue weighted by Crippen LogP contribution is 2.01. The third-order valence-electron chi connectivity index (χ3n) is 1.97. The van der Waals surface area contributed by atoms with Gasteiger partial charge in [0.05, 0.1) is 6.54 Å². The second-order valence-electron chi connectivity index (χ2n) is 3.15. The average molecular weight is 228 g/mol. The molecule has 0 radical (unpaired) electrons. The first-order valence-electron chi connectivity index (χ1n) is 4.55. The summed E-state index contributed by atoms with van der Waals surface area (Å²) in [5, 5.41) is 23.4. The fourth-order valence-electron chi connectivity index (χ4n) is 0.970. The number of carboxylic acid groups (broad SMARTS) is 1. The van der Waals surface area contributed by atoms with Gasteiger partial charge in [-0.3, -0.25) is 4.79 Å². The van der Waals surface area contributed by atoms with E-state index in [0.29, 0.717) is 0 Å². The number of carbonyl (C=O) groups is 2. The third kappa shape index (κ3) is 3.02. The van der Waals surface area contributed by atoms with Crippen molar-refractivity contribution in [2.24, 2.45) is 0 Å². The van der Waals surface area contributed by atoms with E-state index in [-0.39, 0.29) is 6.54 Å². The topological polar surface area (TPSA) is 117 Å². The van der Waals surface area contributed by atoms with E-state index in [2.05, 4.69) is 15.4 Å². The number of carbonyl (C=O) groups excluding carboxylic acids is 1. The van der Waals surface area contributed by atoms with Crippen LogP contribution in [0.1, 0.15) is 13.0 Å². The minimum absolute atomic E-state index is 0.340. The molecule has 1 amide bonds. The molecule has 3 N–H and O–H groups in total. The van der Waals surface area contributed by atoms with E-state index in [0.717, 1.165) is 0 Å². The van der Waals surface area contributed by atoms with Crippen molar-refractivity contribution in [3.05, 3.63) is 12.7 Å². The van der Waals surface area contributed by atoms with Gasteiger partial charge in [-0.15, -0.1) is 0 Å². The van der Waals surface area contributed by atoms with Crippen molar-refractivity contribution in [2.75, 3.05) is 6.54 Å². The average Bonchev–Trinajstić information content (AvgIpc) is 2.77. The van der Waals surface area contributed by atoms with Crippen LogP contribution in [0.4, 0.5) is 0 Å². The highest BCUT2D eigenvalue weighted by molar-refractivity contribution is 5.80. The maximum atomic E-state index is 11.5. The van der Waals surface area contributed by atoms with Crippen LogP contribution >= 0.6 is 0 Å². The van der Waals surface area contributed by atoms with E-state index >= 15 is 0 Å². The smallest absolute Gasteiger partial charge is 0.334 e. The summed E-state index contributed by atoms with van der Waals surface area (Å²) in [7, 11) is 0. The van der Waals surface area contributed by atoms with Crippen LogP contribution in [0.15, 0.2) is 12.7 Å². The molecule has 2 atom stereocenters. The summed E-state index contributed by atoms with van der Waals surface area (Å²) in [6, 6.07) is -0.608. The number of nitrogens with zero attached hydrogens (tertiary/aromatic N) is 3. The van der Waals surface area contributed by atoms with Crippen LogP contribution in [-0.4, -0.2) is 49.5 Å². The Hall–Kier alpha value is -1.96. The zero-order valence-electron chi connectivity index (χ0n) is 8.57. The molecule has 0 aromatic carbocycles.